The minimum atomic E-state index is -0.283. The van der Waals surface area contributed by atoms with Gasteiger partial charge in [0.15, 0.2) is 0 Å². The highest BCUT2D eigenvalue weighted by molar-refractivity contribution is 7.98. The third kappa shape index (κ3) is 5.65. The second-order valence-corrected chi connectivity index (χ2v) is 7.25. The molecule has 4 heteroatoms. The number of aliphatic hydroxyl groups excluding tert-OH is 1. The van der Waals surface area contributed by atoms with Crippen LogP contribution in [-0.4, -0.2) is 29.4 Å². The van der Waals surface area contributed by atoms with Crippen LogP contribution in [0.4, 0.5) is 0 Å². The lowest BCUT2D eigenvalue weighted by atomic mass is 9.87. The number of rotatable bonds is 7. The maximum atomic E-state index is 12.0. The Bertz CT molecular complexity index is 478. The number of thioether (sulfide) groups is 1. The van der Waals surface area contributed by atoms with Crippen molar-refractivity contribution in [3.05, 3.63) is 35.4 Å². The van der Waals surface area contributed by atoms with Gasteiger partial charge in [0.1, 0.15) is 0 Å². The number of carbonyl (C=O) groups is 1. The molecule has 1 aromatic rings. The molecule has 2 atom stereocenters. The second kappa shape index (κ2) is 9.21. The highest BCUT2D eigenvalue weighted by Crippen LogP contribution is 2.24. The molecule has 0 heterocycles. The van der Waals surface area contributed by atoms with Gasteiger partial charge < -0.3 is 10.4 Å². The summed E-state index contributed by atoms with van der Waals surface area (Å²) in [7, 11) is 0. The van der Waals surface area contributed by atoms with Crippen molar-refractivity contribution in [1.82, 2.24) is 5.32 Å². The highest BCUT2D eigenvalue weighted by atomic mass is 32.2. The van der Waals surface area contributed by atoms with Crippen LogP contribution < -0.4 is 5.32 Å². The lowest BCUT2D eigenvalue weighted by Crippen LogP contribution is -2.35. The van der Waals surface area contributed by atoms with E-state index < -0.39 is 0 Å². The molecule has 2 rings (SSSR count). The molecule has 1 saturated carbocycles. The number of benzene rings is 1. The number of nitrogens with one attached hydrogen (secondary N) is 1. The first kappa shape index (κ1) is 17.4. The summed E-state index contributed by atoms with van der Waals surface area (Å²) in [6.07, 6.45) is 4.08. The first-order chi connectivity index (χ1) is 10.7. The van der Waals surface area contributed by atoms with Crippen molar-refractivity contribution in [3.8, 4) is 0 Å². The Morgan fingerprint density at radius 3 is 2.95 bits per heavy atom. The van der Waals surface area contributed by atoms with Gasteiger partial charge in [0, 0.05) is 18.2 Å². The zero-order valence-electron chi connectivity index (χ0n) is 13.4. The predicted octanol–water partition coefficient (Wildman–Crippen LogP) is 3.29. The molecule has 122 valence electrons. The van der Waals surface area contributed by atoms with Crippen LogP contribution in [0.2, 0.25) is 0 Å². The Morgan fingerprint density at radius 1 is 1.36 bits per heavy atom. The number of hydrogen-bond acceptors (Lipinski definition) is 3. The fraction of sp³-hybridized carbons (Fsp3) is 0.611. The summed E-state index contributed by atoms with van der Waals surface area (Å²) in [6.45, 7) is 2.89. The maximum Gasteiger partial charge on any atom is 0.223 e. The summed E-state index contributed by atoms with van der Waals surface area (Å²) in [4.78, 5) is 12.0. The molecule has 0 aromatic heterocycles. The molecule has 0 unspecified atom stereocenters. The zero-order chi connectivity index (χ0) is 15.8. The van der Waals surface area contributed by atoms with E-state index in [0.717, 1.165) is 43.7 Å². The molecule has 0 spiro atoms. The minimum Gasteiger partial charge on any atom is -0.393 e. The predicted molar refractivity (Wildman–Crippen MR) is 92.9 cm³/mol. The number of aliphatic hydroxyl groups is 1. The Labute approximate surface area is 137 Å². The molecular formula is C18H27NO2S. The largest absolute Gasteiger partial charge is 0.393 e. The Hall–Kier alpha value is -1.00. The van der Waals surface area contributed by atoms with E-state index in [1.165, 1.54) is 11.1 Å². The first-order valence-corrected chi connectivity index (χ1v) is 9.40. The van der Waals surface area contributed by atoms with Crippen LogP contribution in [0.1, 0.15) is 43.2 Å². The van der Waals surface area contributed by atoms with Gasteiger partial charge in [-0.3, -0.25) is 4.79 Å². The number of hydrogen-bond donors (Lipinski definition) is 2. The Kier molecular flexibility index (Phi) is 7.26. The molecule has 0 radical (unpaired) electrons. The van der Waals surface area contributed by atoms with Crippen molar-refractivity contribution in [2.75, 3.05) is 12.3 Å². The minimum absolute atomic E-state index is 0.0170. The van der Waals surface area contributed by atoms with Gasteiger partial charge in [0.25, 0.3) is 0 Å². The Morgan fingerprint density at radius 2 is 2.18 bits per heavy atom. The maximum absolute atomic E-state index is 12.0. The molecule has 1 aliphatic carbocycles. The molecule has 0 saturated heterocycles. The first-order valence-electron chi connectivity index (χ1n) is 8.25. The normalized spacial score (nSPS) is 21.5. The van der Waals surface area contributed by atoms with Crippen molar-refractivity contribution in [2.45, 2.75) is 50.9 Å². The van der Waals surface area contributed by atoms with Crippen LogP contribution in [0.5, 0.6) is 0 Å². The fourth-order valence-corrected chi connectivity index (χ4v) is 3.92. The summed E-state index contributed by atoms with van der Waals surface area (Å²) >= 11 is 1.92. The second-order valence-electron chi connectivity index (χ2n) is 6.14. The lowest BCUT2D eigenvalue weighted by Gasteiger charge is -2.24. The monoisotopic (exact) mass is 321 g/mol. The van der Waals surface area contributed by atoms with E-state index in [4.69, 9.17) is 0 Å². The lowest BCUT2D eigenvalue weighted by molar-refractivity contribution is -0.127. The van der Waals surface area contributed by atoms with Gasteiger partial charge >= 0.3 is 0 Å². The van der Waals surface area contributed by atoms with Crippen molar-refractivity contribution in [3.63, 3.8) is 0 Å². The third-order valence-electron chi connectivity index (χ3n) is 4.30. The molecule has 1 fully saturated rings. The third-order valence-corrected chi connectivity index (χ3v) is 5.39. The number of carbonyl (C=O) groups excluding carboxylic acids is 1. The summed E-state index contributed by atoms with van der Waals surface area (Å²) in [5, 5.41) is 12.6. The van der Waals surface area contributed by atoms with Crippen LogP contribution in [0.25, 0.3) is 0 Å². The topological polar surface area (TPSA) is 49.3 Å². The van der Waals surface area contributed by atoms with Crippen molar-refractivity contribution in [1.29, 1.82) is 0 Å². The van der Waals surface area contributed by atoms with Crippen LogP contribution >= 0.6 is 11.8 Å². The van der Waals surface area contributed by atoms with Gasteiger partial charge in [-0.2, -0.15) is 11.8 Å². The molecule has 1 aliphatic rings. The molecule has 0 aliphatic heterocycles. The number of aryl methyl sites for hydroxylation is 1. The van der Waals surface area contributed by atoms with Gasteiger partial charge in [-0.25, -0.2) is 0 Å². The van der Waals surface area contributed by atoms with Crippen LogP contribution in [-0.2, 0) is 10.5 Å². The molecule has 3 nitrogen and oxygen atoms in total. The van der Waals surface area contributed by atoms with E-state index >= 15 is 0 Å². The van der Waals surface area contributed by atoms with Crippen LogP contribution in [0.3, 0.4) is 0 Å². The highest BCUT2D eigenvalue weighted by Gasteiger charge is 2.25. The Balaban J connectivity index is 1.55. The van der Waals surface area contributed by atoms with Crippen LogP contribution in [0, 0.1) is 12.8 Å². The van der Waals surface area contributed by atoms with E-state index in [-0.39, 0.29) is 17.9 Å². The van der Waals surface area contributed by atoms with Crippen molar-refractivity contribution in [2.24, 2.45) is 5.92 Å². The molecule has 0 bridgehead atoms. The van der Waals surface area contributed by atoms with Crippen molar-refractivity contribution >= 4 is 17.7 Å². The smallest absolute Gasteiger partial charge is 0.223 e. The van der Waals surface area contributed by atoms with Gasteiger partial charge in [-0.15, -0.1) is 0 Å². The van der Waals surface area contributed by atoms with E-state index in [9.17, 15) is 9.90 Å². The van der Waals surface area contributed by atoms with E-state index in [1.807, 2.05) is 11.8 Å². The number of amides is 1. The quantitative estimate of drug-likeness (QED) is 0.758. The van der Waals surface area contributed by atoms with Crippen LogP contribution in [0.15, 0.2) is 24.3 Å². The molecule has 22 heavy (non-hydrogen) atoms. The molecule has 1 amide bonds. The standard InChI is InChI=1S/C18H27NO2S/c1-14-6-2-3-7-16(14)13-22-11-5-10-19-18(21)15-8-4-9-17(20)12-15/h2-3,6-7,15,17,20H,4-5,8-13H2,1H3,(H,19,21)/t15-,17+/m0/s1. The summed E-state index contributed by atoms with van der Waals surface area (Å²) in [6, 6.07) is 8.48. The average molecular weight is 321 g/mol. The van der Waals surface area contributed by atoms with E-state index in [2.05, 4.69) is 36.5 Å². The van der Waals surface area contributed by atoms with Gasteiger partial charge in [0.2, 0.25) is 5.91 Å². The summed E-state index contributed by atoms with van der Waals surface area (Å²) < 4.78 is 0. The van der Waals surface area contributed by atoms with Gasteiger partial charge in [0.05, 0.1) is 6.10 Å². The van der Waals surface area contributed by atoms with E-state index in [0.29, 0.717) is 6.42 Å². The zero-order valence-corrected chi connectivity index (χ0v) is 14.2. The fourth-order valence-electron chi connectivity index (χ4n) is 2.89. The summed E-state index contributed by atoms with van der Waals surface area (Å²) in [5.41, 5.74) is 2.74. The van der Waals surface area contributed by atoms with E-state index in [1.54, 1.807) is 0 Å². The molecule has 1 aromatic carbocycles. The SMILES string of the molecule is Cc1ccccc1CSCCCNC(=O)[C@H]1CCC[C@@H](O)C1. The van der Waals surface area contributed by atoms with Crippen molar-refractivity contribution < 1.29 is 9.90 Å². The van der Waals surface area contributed by atoms with Gasteiger partial charge in [-0.1, -0.05) is 30.7 Å². The average Bonchev–Trinajstić information content (AvgIpc) is 2.52. The summed E-state index contributed by atoms with van der Waals surface area (Å²) in [5.74, 6) is 2.24. The molecule has 2 N–H and O–H groups in total. The molecular weight excluding hydrogens is 294 g/mol. The van der Waals surface area contributed by atoms with Gasteiger partial charge in [-0.05, 0) is 49.5 Å².